The minimum atomic E-state index is -0.214. The molecule has 3 N–H and O–H groups in total. The fraction of sp³-hybridized carbons (Fsp3) is 0.400. The van der Waals surface area contributed by atoms with E-state index in [1.807, 2.05) is 32.0 Å². The number of aromatic nitrogens is 1. The standard InChI is InChI=1S/C15H19N3O2/c1-15(2,9-16)18-14-11-8-13-12(19-5-6-20-13)7-10(11)3-4-17-14/h3-4,7-8H,5-6,9,16H2,1-2H3,(H,17,18). The highest BCUT2D eigenvalue weighted by atomic mass is 16.6. The number of benzene rings is 1. The number of fused-ring (bicyclic) bond motifs is 2. The lowest BCUT2D eigenvalue weighted by Crippen LogP contribution is -2.39. The van der Waals surface area contributed by atoms with Crippen molar-refractivity contribution in [3.63, 3.8) is 0 Å². The Morgan fingerprint density at radius 3 is 2.65 bits per heavy atom. The van der Waals surface area contributed by atoms with Gasteiger partial charge in [0.05, 0.1) is 0 Å². The van der Waals surface area contributed by atoms with Crippen molar-refractivity contribution < 1.29 is 9.47 Å². The molecule has 0 radical (unpaired) electrons. The molecule has 0 unspecified atom stereocenters. The zero-order valence-electron chi connectivity index (χ0n) is 11.8. The number of hydrogen-bond donors (Lipinski definition) is 2. The molecule has 2 aromatic rings. The first-order chi connectivity index (χ1) is 9.59. The van der Waals surface area contributed by atoms with Crippen LogP contribution in [0.5, 0.6) is 11.5 Å². The van der Waals surface area contributed by atoms with Crippen LogP contribution < -0.4 is 20.5 Å². The molecule has 5 nitrogen and oxygen atoms in total. The van der Waals surface area contributed by atoms with Gasteiger partial charge in [-0.25, -0.2) is 4.98 Å². The summed E-state index contributed by atoms with van der Waals surface area (Å²) >= 11 is 0. The zero-order chi connectivity index (χ0) is 14.2. The fourth-order valence-corrected chi connectivity index (χ4v) is 2.18. The number of pyridine rings is 1. The molecule has 20 heavy (non-hydrogen) atoms. The van der Waals surface area contributed by atoms with Gasteiger partial charge in [-0.15, -0.1) is 0 Å². The highest BCUT2D eigenvalue weighted by Gasteiger charge is 2.19. The van der Waals surface area contributed by atoms with Crippen LogP contribution >= 0.6 is 0 Å². The molecule has 2 heterocycles. The molecule has 0 bridgehead atoms. The van der Waals surface area contributed by atoms with E-state index in [0.717, 1.165) is 28.1 Å². The zero-order valence-corrected chi connectivity index (χ0v) is 11.8. The van der Waals surface area contributed by atoms with E-state index in [9.17, 15) is 0 Å². The smallest absolute Gasteiger partial charge is 0.162 e. The minimum absolute atomic E-state index is 0.214. The van der Waals surface area contributed by atoms with E-state index < -0.39 is 0 Å². The number of anilines is 1. The van der Waals surface area contributed by atoms with Gasteiger partial charge in [0.2, 0.25) is 0 Å². The summed E-state index contributed by atoms with van der Waals surface area (Å²) in [7, 11) is 0. The normalized spacial score (nSPS) is 14.3. The molecule has 0 atom stereocenters. The summed E-state index contributed by atoms with van der Waals surface area (Å²) in [6.45, 7) is 5.79. The van der Waals surface area contributed by atoms with E-state index in [1.165, 1.54) is 0 Å². The molecule has 1 aromatic heterocycles. The van der Waals surface area contributed by atoms with Crippen LogP contribution in [0.3, 0.4) is 0 Å². The lowest BCUT2D eigenvalue weighted by atomic mass is 10.0. The number of nitrogens with one attached hydrogen (secondary N) is 1. The molecule has 5 heteroatoms. The van der Waals surface area contributed by atoms with Gasteiger partial charge in [-0.1, -0.05) is 0 Å². The summed E-state index contributed by atoms with van der Waals surface area (Å²) in [5.41, 5.74) is 5.56. The highest BCUT2D eigenvalue weighted by Crippen LogP contribution is 2.36. The van der Waals surface area contributed by atoms with E-state index in [4.69, 9.17) is 15.2 Å². The molecule has 0 spiro atoms. The first-order valence-corrected chi connectivity index (χ1v) is 6.76. The van der Waals surface area contributed by atoms with E-state index >= 15 is 0 Å². The summed E-state index contributed by atoms with van der Waals surface area (Å²) in [5.74, 6) is 2.37. The second-order valence-electron chi connectivity index (χ2n) is 5.59. The Morgan fingerprint density at radius 1 is 1.25 bits per heavy atom. The van der Waals surface area contributed by atoms with Gasteiger partial charge in [-0.3, -0.25) is 0 Å². The summed E-state index contributed by atoms with van der Waals surface area (Å²) in [4.78, 5) is 4.43. The molecule has 106 valence electrons. The molecule has 0 fully saturated rings. The number of nitrogens with two attached hydrogens (primary N) is 1. The Kier molecular flexibility index (Phi) is 3.14. The van der Waals surface area contributed by atoms with Gasteiger partial charge in [0.25, 0.3) is 0 Å². The SMILES string of the molecule is CC(C)(CN)Nc1nccc2cc3c(cc12)OCCO3. The van der Waals surface area contributed by atoms with Gasteiger partial charge >= 0.3 is 0 Å². The summed E-state index contributed by atoms with van der Waals surface area (Å²) in [6.07, 6.45) is 1.79. The second-order valence-corrected chi connectivity index (χ2v) is 5.59. The van der Waals surface area contributed by atoms with Crippen LogP contribution in [0.4, 0.5) is 5.82 Å². The molecule has 3 rings (SSSR count). The van der Waals surface area contributed by atoms with Crippen molar-refractivity contribution in [1.82, 2.24) is 4.98 Å². The average molecular weight is 273 g/mol. The van der Waals surface area contributed by atoms with E-state index in [1.54, 1.807) is 6.20 Å². The van der Waals surface area contributed by atoms with Gasteiger partial charge < -0.3 is 20.5 Å². The molecule has 0 aliphatic carbocycles. The predicted molar refractivity (Wildman–Crippen MR) is 79.5 cm³/mol. The largest absolute Gasteiger partial charge is 0.486 e. The van der Waals surface area contributed by atoms with E-state index in [2.05, 4.69) is 10.3 Å². The molecule has 1 aliphatic rings. The van der Waals surface area contributed by atoms with Crippen molar-refractivity contribution in [3.05, 3.63) is 24.4 Å². The monoisotopic (exact) mass is 273 g/mol. The predicted octanol–water partition coefficient (Wildman–Crippen LogP) is 2.16. The number of hydrogen-bond acceptors (Lipinski definition) is 5. The Balaban J connectivity index is 2.09. The minimum Gasteiger partial charge on any atom is -0.486 e. The first kappa shape index (κ1) is 13.0. The number of rotatable bonds is 3. The van der Waals surface area contributed by atoms with E-state index in [-0.39, 0.29) is 5.54 Å². The van der Waals surface area contributed by atoms with Crippen molar-refractivity contribution in [2.24, 2.45) is 5.73 Å². The topological polar surface area (TPSA) is 69.4 Å². The molecular weight excluding hydrogens is 254 g/mol. The van der Waals surface area contributed by atoms with Crippen LogP contribution in [-0.4, -0.2) is 30.3 Å². The molecule has 0 saturated heterocycles. The van der Waals surface area contributed by atoms with Crippen LogP contribution in [0.25, 0.3) is 10.8 Å². The van der Waals surface area contributed by atoms with Gasteiger partial charge in [0.1, 0.15) is 19.0 Å². The lowest BCUT2D eigenvalue weighted by molar-refractivity contribution is 0.172. The van der Waals surface area contributed by atoms with Crippen molar-refractivity contribution >= 4 is 16.6 Å². The number of nitrogens with zero attached hydrogens (tertiary/aromatic N) is 1. The third kappa shape index (κ3) is 2.36. The van der Waals surface area contributed by atoms with Crippen molar-refractivity contribution in [2.75, 3.05) is 25.1 Å². The Morgan fingerprint density at radius 2 is 1.95 bits per heavy atom. The summed E-state index contributed by atoms with van der Waals surface area (Å²) in [6, 6.07) is 5.94. The van der Waals surface area contributed by atoms with Crippen LogP contribution in [0.1, 0.15) is 13.8 Å². The summed E-state index contributed by atoms with van der Waals surface area (Å²) < 4.78 is 11.2. The quantitative estimate of drug-likeness (QED) is 0.896. The van der Waals surface area contributed by atoms with Crippen LogP contribution in [0.15, 0.2) is 24.4 Å². The number of ether oxygens (including phenoxy) is 2. The third-order valence-corrected chi connectivity index (χ3v) is 3.39. The maximum atomic E-state index is 5.77. The van der Waals surface area contributed by atoms with Crippen molar-refractivity contribution in [3.8, 4) is 11.5 Å². The van der Waals surface area contributed by atoms with Gasteiger partial charge in [0.15, 0.2) is 11.5 Å². The second kappa shape index (κ2) is 4.83. The maximum absolute atomic E-state index is 5.77. The van der Waals surface area contributed by atoms with Gasteiger partial charge in [-0.05, 0) is 37.4 Å². The lowest BCUT2D eigenvalue weighted by Gasteiger charge is -2.26. The Labute approximate surface area is 118 Å². The van der Waals surface area contributed by atoms with Crippen LogP contribution in [0.2, 0.25) is 0 Å². The molecule has 0 amide bonds. The highest BCUT2D eigenvalue weighted by molar-refractivity contribution is 5.94. The average Bonchev–Trinajstić information content (AvgIpc) is 2.45. The van der Waals surface area contributed by atoms with Gasteiger partial charge in [0, 0.05) is 23.7 Å². The van der Waals surface area contributed by atoms with E-state index in [0.29, 0.717) is 19.8 Å². The van der Waals surface area contributed by atoms with Crippen LogP contribution in [-0.2, 0) is 0 Å². The van der Waals surface area contributed by atoms with Crippen molar-refractivity contribution in [2.45, 2.75) is 19.4 Å². The Bertz CT molecular complexity index is 640. The third-order valence-electron chi connectivity index (χ3n) is 3.39. The maximum Gasteiger partial charge on any atom is 0.162 e. The molecule has 1 aromatic carbocycles. The fourth-order valence-electron chi connectivity index (χ4n) is 2.18. The molecule has 0 saturated carbocycles. The summed E-state index contributed by atoms with van der Waals surface area (Å²) in [5, 5.41) is 5.47. The van der Waals surface area contributed by atoms with Crippen molar-refractivity contribution in [1.29, 1.82) is 0 Å². The van der Waals surface area contributed by atoms with Gasteiger partial charge in [-0.2, -0.15) is 0 Å². The first-order valence-electron chi connectivity index (χ1n) is 6.76. The Hall–Kier alpha value is -2.01. The van der Waals surface area contributed by atoms with Crippen LogP contribution in [0, 0.1) is 0 Å². The molecule has 1 aliphatic heterocycles. The molecular formula is C15H19N3O2.